The van der Waals surface area contributed by atoms with Crippen LogP contribution in [0.15, 0.2) is 249 Å². The first kappa shape index (κ1) is 41.7. The summed E-state index contributed by atoms with van der Waals surface area (Å²) in [5, 5.41) is 11.7. The zero-order valence-electron chi connectivity index (χ0n) is 39.8. The average molecular weight is 944 g/mol. The summed E-state index contributed by atoms with van der Waals surface area (Å²) in [6.45, 7) is 0. The second kappa shape index (κ2) is 16.8. The zero-order valence-corrected chi connectivity index (χ0v) is 39.8. The van der Waals surface area contributed by atoms with Crippen LogP contribution >= 0.6 is 0 Å². The zero-order chi connectivity index (χ0) is 48.7. The van der Waals surface area contributed by atoms with Crippen LogP contribution in [0.4, 0.5) is 0 Å². The lowest BCUT2D eigenvalue weighted by atomic mass is 9.91. The fraction of sp³-hybridized carbons (Fsp3) is 0. The van der Waals surface area contributed by atoms with Gasteiger partial charge in [0.15, 0.2) is 11.6 Å². The molecule has 0 fully saturated rings. The highest BCUT2D eigenvalue weighted by Crippen LogP contribution is 2.43. The number of benzene rings is 11. The molecule has 0 saturated carbocycles. The van der Waals surface area contributed by atoms with Crippen LogP contribution in [-0.4, -0.2) is 34.1 Å². The molecule has 74 heavy (non-hydrogen) atoms. The average Bonchev–Trinajstić information content (AvgIpc) is 3.99. The van der Waals surface area contributed by atoms with E-state index in [0.29, 0.717) is 23.5 Å². The number of nitrogens with zero attached hydrogens (tertiary/aromatic N) is 7. The van der Waals surface area contributed by atoms with Gasteiger partial charge in [-0.25, -0.2) is 15.0 Å². The Kier molecular flexibility index (Phi) is 9.43. The van der Waals surface area contributed by atoms with Gasteiger partial charge in [-0.15, -0.1) is 0 Å². The third-order valence-corrected chi connectivity index (χ3v) is 14.6. The van der Waals surface area contributed by atoms with Gasteiger partial charge < -0.3 is 0 Å². The van der Waals surface area contributed by atoms with Gasteiger partial charge in [0.25, 0.3) is 0 Å². The summed E-state index contributed by atoms with van der Waals surface area (Å²) < 4.78 is 4.43. The van der Waals surface area contributed by atoms with E-state index in [2.05, 4.69) is 209 Å². The highest BCUT2D eigenvalue weighted by atomic mass is 15.2. The van der Waals surface area contributed by atoms with Crippen molar-refractivity contribution in [1.29, 1.82) is 0 Å². The van der Waals surface area contributed by atoms with E-state index < -0.39 is 0 Å². The second-order valence-corrected chi connectivity index (χ2v) is 18.8. The Morgan fingerprint density at radius 1 is 0.203 bits per heavy atom. The number of rotatable bonds is 7. The van der Waals surface area contributed by atoms with E-state index in [-0.39, 0.29) is 0 Å². The highest BCUT2D eigenvalue weighted by Gasteiger charge is 2.22. The van der Waals surface area contributed by atoms with E-state index in [4.69, 9.17) is 24.9 Å². The molecule has 4 aromatic heterocycles. The Labute approximate surface area is 425 Å². The predicted molar refractivity (Wildman–Crippen MR) is 304 cm³/mol. The number of hydrogen-bond donors (Lipinski definition) is 0. The lowest BCUT2D eigenvalue weighted by Crippen LogP contribution is -2.06. The van der Waals surface area contributed by atoms with Crippen LogP contribution in [0.5, 0.6) is 0 Å². The highest BCUT2D eigenvalue weighted by molar-refractivity contribution is 6.29. The maximum absolute atomic E-state index is 5.26. The van der Waals surface area contributed by atoms with E-state index in [1.165, 1.54) is 32.3 Å². The van der Waals surface area contributed by atoms with Gasteiger partial charge >= 0.3 is 0 Å². The van der Waals surface area contributed by atoms with Crippen molar-refractivity contribution >= 4 is 75.9 Å². The molecule has 7 heteroatoms. The van der Waals surface area contributed by atoms with E-state index in [0.717, 1.165) is 88.4 Å². The molecule has 15 rings (SSSR count). The fourth-order valence-corrected chi connectivity index (χ4v) is 11.1. The third-order valence-electron chi connectivity index (χ3n) is 14.6. The van der Waals surface area contributed by atoms with Crippen molar-refractivity contribution < 1.29 is 0 Å². The minimum Gasteiger partial charge on any atom is -0.278 e. The molecular formula is C67H41N7. The normalized spacial score (nSPS) is 11.8. The lowest BCUT2D eigenvalue weighted by molar-refractivity contribution is 0.954. The summed E-state index contributed by atoms with van der Waals surface area (Å²) in [6, 6.07) is 87.7. The minimum atomic E-state index is 0.572. The molecular weight excluding hydrogens is 903 g/mol. The van der Waals surface area contributed by atoms with Crippen LogP contribution in [0.25, 0.3) is 144 Å². The molecule has 0 spiro atoms. The Bertz CT molecular complexity index is 4580. The van der Waals surface area contributed by atoms with Gasteiger partial charge in [-0.3, -0.25) is 9.13 Å². The summed E-state index contributed by atoms with van der Waals surface area (Å²) >= 11 is 0. The van der Waals surface area contributed by atoms with Crippen molar-refractivity contribution in [2.75, 3.05) is 0 Å². The maximum Gasteiger partial charge on any atom is 0.238 e. The van der Waals surface area contributed by atoms with Gasteiger partial charge in [-0.05, 0) is 92.0 Å². The summed E-state index contributed by atoms with van der Waals surface area (Å²) in [6.07, 6.45) is 0. The Morgan fingerprint density at radius 2 is 0.581 bits per heavy atom. The molecule has 0 aliphatic rings. The molecule has 7 nitrogen and oxygen atoms in total. The number of hydrogen-bond acceptors (Lipinski definition) is 5. The van der Waals surface area contributed by atoms with Crippen LogP contribution in [0.1, 0.15) is 0 Å². The number of para-hydroxylation sites is 2. The monoisotopic (exact) mass is 943 g/mol. The molecule has 4 heterocycles. The molecule has 0 unspecified atom stereocenters. The van der Waals surface area contributed by atoms with Crippen molar-refractivity contribution in [2.24, 2.45) is 0 Å². The predicted octanol–water partition coefficient (Wildman–Crippen LogP) is 16.7. The largest absolute Gasteiger partial charge is 0.278 e. The van der Waals surface area contributed by atoms with Gasteiger partial charge in [-0.1, -0.05) is 200 Å². The maximum atomic E-state index is 5.26. The van der Waals surface area contributed by atoms with Crippen molar-refractivity contribution in [2.45, 2.75) is 0 Å². The first-order valence-corrected chi connectivity index (χ1v) is 24.9. The molecule has 344 valence electrons. The standard InChI is InChI=1S/C67H41N7/c1-5-19-42(20-6-1)58-41-59(43-21-7-2-8-22-43)69-66(68-58)73-60-31-17-15-29-51(60)56-38-47(34-36-62(56)73)46-33-35-50-53(37-46)48-27-13-14-28-49(48)55-40-63-57(39-54(50)55)52-30-16-18-32-61(52)74(63)67-71-64(44-23-9-3-10-24-44)70-65(72-67)45-25-11-4-12-26-45/h1-41H. The van der Waals surface area contributed by atoms with Crippen molar-refractivity contribution in [3.8, 4) is 68.3 Å². The molecule has 11 aromatic carbocycles. The summed E-state index contributed by atoms with van der Waals surface area (Å²) in [5.74, 6) is 2.45. The van der Waals surface area contributed by atoms with Crippen LogP contribution in [-0.2, 0) is 0 Å². The van der Waals surface area contributed by atoms with Crippen molar-refractivity contribution in [3.05, 3.63) is 249 Å². The summed E-state index contributed by atoms with van der Waals surface area (Å²) in [4.78, 5) is 26.0. The number of fused-ring (bicyclic) bond motifs is 12. The van der Waals surface area contributed by atoms with Crippen LogP contribution < -0.4 is 0 Å². The van der Waals surface area contributed by atoms with Gasteiger partial charge in [-0.2, -0.15) is 9.97 Å². The van der Waals surface area contributed by atoms with Crippen LogP contribution in [0.3, 0.4) is 0 Å². The molecule has 0 saturated heterocycles. The number of aromatic nitrogens is 7. The smallest absolute Gasteiger partial charge is 0.238 e. The van der Waals surface area contributed by atoms with Gasteiger partial charge in [0.2, 0.25) is 11.9 Å². The summed E-state index contributed by atoms with van der Waals surface area (Å²) in [7, 11) is 0. The Hall–Kier alpha value is -10.1. The minimum absolute atomic E-state index is 0.572. The van der Waals surface area contributed by atoms with E-state index in [9.17, 15) is 0 Å². The Balaban J connectivity index is 0.911. The second-order valence-electron chi connectivity index (χ2n) is 18.8. The van der Waals surface area contributed by atoms with E-state index in [1.54, 1.807) is 0 Å². The van der Waals surface area contributed by atoms with E-state index >= 15 is 0 Å². The molecule has 0 aliphatic carbocycles. The SMILES string of the molecule is c1ccc(-c2cc(-c3ccccc3)nc(-n3c4ccccc4c4cc(-c5ccc6c(c5)c5ccccc5c5cc7c(cc65)c5ccccc5n7-c5nc(-c6ccccc6)nc(-c6ccccc6)n5)ccc43)n2)cc1. The van der Waals surface area contributed by atoms with Crippen LogP contribution in [0.2, 0.25) is 0 Å². The molecule has 0 bridgehead atoms. The molecule has 0 atom stereocenters. The summed E-state index contributed by atoms with van der Waals surface area (Å²) in [5.41, 5.74) is 12.1. The molecule has 0 amide bonds. The van der Waals surface area contributed by atoms with E-state index in [1.807, 2.05) is 48.5 Å². The Morgan fingerprint density at radius 3 is 1.14 bits per heavy atom. The quantitative estimate of drug-likeness (QED) is 0.149. The van der Waals surface area contributed by atoms with Gasteiger partial charge in [0.1, 0.15) is 0 Å². The molecule has 15 aromatic rings. The van der Waals surface area contributed by atoms with Gasteiger partial charge in [0, 0.05) is 43.8 Å². The first-order valence-electron chi connectivity index (χ1n) is 24.9. The molecule has 0 aliphatic heterocycles. The first-order chi connectivity index (χ1) is 36.7. The van der Waals surface area contributed by atoms with Crippen molar-refractivity contribution in [3.63, 3.8) is 0 Å². The molecule has 0 radical (unpaired) electrons. The third kappa shape index (κ3) is 6.71. The lowest BCUT2D eigenvalue weighted by Gasteiger charge is -2.14. The molecule has 0 N–H and O–H groups in total. The fourth-order valence-electron chi connectivity index (χ4n) is 11.1. The van der Waals surface area contributed by atoms with Gasteiger partial charge in [0.05, 0.1) is 33.5 Å². The topological polar surface area (TPSA) is 74.3 Å². The van der Waals surface area contributed by atoms with Crippen LogP contribution in [0, 0.1) is 0 Å². The van der Waals surface area contributed by atoms with Crippen molar-refractivity contribution in [1.82, 2.24) is 34.1 Å².